The van der Waals surface area contributed by atoms with Gasteiger partial charge in [-0.25, -0.2) is 22.5 Å². The van der Waals surface area contributed by atoms with E-state index in [-0.39, 0.29) is 17.9 Å². The van der Waals surface area contributed by atoms with Crippen molar-refractivity contribution in [3.8, 4) is 10.6 Å². The average Bonchev–Trinajstić information content (AvgIpc) is 3.29. The Hall–Kier alpha value is -1.84. The van der Waals surface area contributed by atoms with Crippen LogP contribution in [0.25, 0.3) is 10.6 Å². The van der Waals surface area contributed by atoms with Gasteiger partial charge in [-0.2, -0.15) is 0 Å². The minimum Gasteiger partial charge on any atom is -0.337 e. The van der Waals surface area contributed by atoms with Crippen molar-refractivity contribution in [1.82, 2.24) is 14.6 Å². The Labute approximate surface area is 174 Å². The van der Waals surface area contributed by atoms with Gasteiger partial charge < -0.3 is 4.90 Å². The molecule has 2 heterocycles. The van der Waals surface area contributed by atoms with Gasteiger partial charge in [-0.15, -0.1) is 11.3 Å². The summed E-state index contributed by atoms with van der Waals surface area (Å²) < 4.78 is 39.0. The van der Waals surface area contributed by atoms with Gasteiger partial charge in [0.15, 0.2) is 0 Å². The number of amides is 1. The number of sulfonamides is 1. The normalized spacial score (nSPS) is 22.6. The summed E-state index contributed by atoms with van der Waals surface area (Å²) in [6, 6.07) is 7.52. The second-order valence-electron chi connectivity index (χ2n) is 7.68. The van der Waals surface area contributed by atoms with Crippen LogP contribution in [0.1, 0.15) is 31.4 Å². The highest BCUT2D eigenvalue weighted by Gasteiger charge is 2.42. The Kier molecular flexibility index (Phi) is 5.98. The van der Waals surface area contributed by atoms with Crippen LogP contribution < -0.4 is 4.72 Å². The summed E-state index contributed by atoms with van der Waals surface area (Å²) in [6.07, 6.45) is 3.76. The van der Waals surface area contributed by atoms with Crippen LogP contribution in [0, 0.1) is 5.92 Å². The Bertz CT molecular complexity index is 960. The minimum absolute atomic E-state index is 0.0318. The molecule has 0 spiro atoms. The van der Waals surface area contributed by atoms with Crippen LogP contribution in [0.4, 0.5) is 4.39 Å². The number of carbonyl (C=O) groups excluding carboxylic acids is 1. The van der Waals surface area contributed by atoms with E-state index < -0.39 is 22.1 Å². The smallest absolute Gasteiger partial charge is 0.241 e. The number of aromatic nitrogens is 1. The van der Waals surface area contributed by atoms with Crippen LogP contribution in [-0.4, -0.2) is 48.8 Å². The number of carbonyl (C=O) groups is 1. The Balaban J connectivity index is 1.55. The molecule has 0 bridgehead atoms. The van der Waals surface area contributed by atoms with Gasteiger partial charge in [-0.05, 0) is 19.3 Å². The van der Waals surface area contributed by atoms with Gasteiger partial charge in [0.05, 0.1) is 11.7 Å². The minimum atomic E-state index is -4.00. The quantitative estimate of drug-likeness (QED) is 0.722. The van der Waals surface area contributed by atoms with Crippen molar-refractivity contribution in [2.75, 3.05) is 12.6 Å². The lowest BCUT2D eigenvalue weighted by Crippen LogP contribution is -2.50. The van der Waals surface area contributed by atoms with E-state index in [1.54, 1.807) is 4.90 Å². The van der Waals surface area contributed by atoms with E-state index in [2.05, 4.69) is 4.72 Å². The highest BCUT2D eigenvalue weighted by Crippen LogP contribution is 2.33. The molecule has 2 unspecified atom stereocenters. The van der Waals surface area contributed by atoms with Gasteiger partial charge in [0, 0.05) is 35.9 Å². The second-order valence-corrected chi connectivity index (χ2v) is 10.2. The molecule has 2 aliphatic rings. The molecule has 2 atom stereocenters. The van der Waals surface area contributed by atoms with Crippen LogP contribution in [0.2, 0.25) is 0 Å². The first-order valence-electron chi connectivity index (χ1n) is 9.83. The number of likely N-dealkylation sites (tertiary alicyclic amines) is 1. The van der Waals surface area contributed by atoms with Crippen LogP contribution >= 0.6 is 11.3 Å². The van der Waals surface area contributed by atoms with E-state index in [4.69, 9.17) is 4.98 Å². The molecule has 1 saturated heterocycles. The summed E-state index contributed by atoms with van der Waals surface area (Å²) in [5.74, 6) is 0.117. The van der Waals surface area contributed by atoms with Gasteiger partial charge in [0.1, 0.15) is 5.01 Å². The maximum absolute atomic E-state index is 12.9. The SMILES string of the molecule is O=C(C1CCC1)N1CCC(NS(=O)(=O)CF)C1Cc1csc(-c2ccccc2)n1. The molecule has 6 nitrogen and oxygen atoms in total. The number of nitrogens with one attached hydrogen (secondary N) is 1. The lowest BCUT2D eigenvalue weighted by Gasteiger charge is -2.34. The second kappa shape index (κ2) is 8.49. The summed E-state index contributed by atoms with van der Waals surface area (Å²) in [7, 11) is -4.00. The monoisotopic (exact) mass is 437 g/mol. The molecular weight excluding hydrogens is 413 g/mol. The van der Waals surface area contributed by atoms with E-state index in [9.17, 15) is 17.6 Å². The van der Waals surface area contributed by atoms with E-state index in [0.717, 1.165) is 35.5 Å². The fourth-order valence-corrected chi connectivity index (χ4v) is 5.64. The zero-order chi connectivity index (χ0) is 20.4. The molecule has 1 aliphatic carbocycles. The van der Waals surface area contributed by atoms with Crippen molar-refractivity contribution >= 4 is 27.3 Å². The number of rotatable bonds is 7. The molecule has 1 amide bonds. The standard InChI is InChI=1S/C20H24FN3O3S2/c21-13-29(26,27)23-17-9-10-24(20(25)15-7-4-8-15)18(17)11-16-12-28-19(22-16)14-5-2-1-3-6-14/h1-3,5-6,12,15,17-18,23H,4,7-11,13H2. The zero-order valence-electron chi connectivity index (χ0n) is 16.0. The van der Waals surface area contributed by atoms with Gasteiger partial charge in [-0.3, -0.25) is 4.79 Å². The zero-order valence-corrected chi connectivity index (χ0v) is 17.6. The fraction of sp³-hybridized carbons (Fsp3) is 0.500. The molecular formula is C20H24FN3O3S2. The number of alkyl halides is 1. The first-order chi connectivity index (χ1) is 14.0. The molecule has 1 aliphatic heterocycles. The van der Waals surface area contributed by atoms with Crippen molar-refractivity contribution in [3.63, 3.8) is 0 Å². The topological polar surface area (TPSA) is 79.4 Å². The van der Waals surface area contributed by atoms with Crippen LogP contribution in [-0.2, 0) is 21.2 Å². The molecule has 0 radical (unpaired) electrons. The van der Waals surface area contributed by atoms with E-state index >= 15 is 0 Å². The van der Waals surface area contributed by atoms with Crippen LogP contribution in [0.5, 0.6) is 0 Å². The fourth-order valence-electron chi connectivity index (χ4n) is 4.00. The van der Waals surface area contributed by atoms with Crippen molar-refractivity contribution in [2.45, 2.75) is 44.2 Å². The Morgan fingerprint density at radius 1 is 1.24 bits per heavy atom. The van der Waals surface area contributed by atoms with Crippen molar-refractivity contribution < 1.29 is 17.6 Å². The molecule has 1 aromatic heterocycles. The third-order valence-corrected chi connectivity index (χ3v) is 7.64. The maximum Gasteiger partial charge on any atom is 0.241 e. The molecule has 1 saturated carbocycles. The predicted octanol–water partition coefficient (Wildman–Crippen LogP) is 2.97. The highest BCUT2D eigenvalue weighted by molar-refractivity contribution is 7.89. The van der Waals surface area contributed by atoms with Crippen LogP contribution in [0.15, 0.2) is 35.7 Å². The van der Waals surface area contributed by atoms with Crippen molar-refractivity contribution in [1.29, 1.82) is 0 Å². The van der Waals surface area contributed by atoms with Gasteiger partial charge >= 0.3 is 0 Å². The number of thiazole rings is 1. The highest BCUT2D eigenvalue weighted by atomic mass is 32.2. The summed E-state index contributed by atoms with van der Waals surface area (Å²) in [5.41, 5.74) is 1.84. The predicted molar refractivity (Wildman–Crippen MR) is 111 cm³/mol. The number of benzene rings is 1. The molecule has 2 aromatic rings. The number of nitrogens with zero attached hydrogens (tertiary/aromatic N) is 2. The molecule has 1 aromatic carbocycles. The summed E-state index contributed by atoms with van der Waals surface area (Å²) in [4.78, 5) is 19.4. The molecule has 29 heavy (non-hydrogen) atoms. The number of halogens is 1. The van der Waals surface area contributed by atoms with E-state index in [1.807, 2.05) is 35.7 Å². The molecule has 9 heteroatoms. The molecule has 1 N–H and O–H groups in total. The summed E-state index contributed by atoms with van der Waals surface area (Å²) >= 11 is 1.52. The molecule has 4 rings (SSSR count). The Morgan fingerprint density at radius 3 is 2.66 bits per heavy atom. The summed E-state index contributed by atoms with van der Waals surface area (Å²) in [6.45, 7) is 0.481. The number of hydrogen-bond acceptors (Lipinski definition) is 5. The van der Waals surface area contributed by atoms with E-state index in [0.29, 0.717) is 19.4 Å². The maximum atomic E-state index is 12.9. The third kappa shape index (κ3) is 4.51. The third-order valence-electron chi connectivity index (χ3n) is 5.75. The molecule has 156 valence electrons. The van der Waals surface area contributed by atoms with Gasteiger partial charge in [-0.1, -0.05) is 36.8 Å². The van der Waals surface area contributed by atoms with E-state index in [1.165, 1.54) is 11.3 Å². The average molecular weight is 438 g/mol. The van der Waals surface area contributed by atoms with Gasteiger partial charge in [0.25, 0.3) is 0 Å². The van der Waals surface area contributed by atoms with Crippen molar-refractivity contribution in [2.24, 2.45) is 5.92 Å². The van der Waals surface area contributed by atoms with Crippen molar-refractivity contribution in [3.05, 3.63) is 41.4 Å². The summed E-state index contributed by atoms with van der Waals surface area (Å²) in [5, 5.41) is 2.84. The molecule has 2 fully saturated rings. The van der Waals surface area contributed by atoms with Gasteiger partial charge in [0.2, 0.25) is 21.9 Å². The Morgan fingerprint density at radius 2 is 2.00 bits per heavy atom. The first-order valence-corrected chi connectivity index (χ1v) is 12.4. The lowest BCUT2D eigenvalue weighted by molar-refractivity contribution is -0.139. The first kappa shape index (κ1) is 20.4. The lowest BCUT2D eigenvalue weighted by atomic mass is 9.84. The van der Waals surface area contributed by atoms with Crippen LogP contribution in [0.3, 0.4) is 0 Å². The number of hydrogen-bond donors (Lipinski definition) is 1. The largest absolute Gasteiger partial charge is 0.337 e.